The maximum atomic E-state index is 12.5. The van der Waals surface area contributed by atoms with Gasteiger partial charge < -0.3 is 4.74 Å². The molecule has 3 nitrogen and oxygen atoms in total. The number of rotatable bonds is 6. The van der Waals surface area contributed by atoms with Crippen LogP contribution in [0, 0.1) is 0 Å². The topological polar surface area (TPSA) is 43.4 Å². The van der Waals surface area contributed by atoms with Gasteiger partial charge in [-0.3, -0.25) is 4.79 Å². The van der Waals surface area contributed by atoms with E-state index in [1.165, 1.54) is 6.26 Å². The Morgan fingerprint density at radius 1 is 0.741 bits per heavy atom. The summed E-state index contributed by atoms with van der Waals surface area (Å²) in [5, 5.41) is 0. The Bertz CT molecular complexity index is 946. The van der Waals surface area contributed by atoms with E-state index < -0.39 is 5.97 Å². The molecule has 134 valence electrons. The van der Waals surface area contributed by atoms with E-state index in [2.05, 4.69) is 0 Å². The quantitative estimate of drug-likeness (QED) is 0.237. The SMILES string of the molecule is C/C(=C\OC(=O)c1ccccc1)C(=O)c1ccc(Sc2ccccc2)cc1. The van der Waals surface area contributed by atoms with Crippen molar-refractivity contribution in [3.05, 3.63) is 108 Å². The highest BCUT2D eigenvalue weighted by atomic mass is 32.2. The zero-order valence-corrected chi connectivity index (χ0v) is 15.6. The third kappa shape index (κ3) is 5.19. The first-order valence-electron chi connectivity index (χ1n) is 8.44. The first kappa shape index (κ1) is 18.7. The highest BCUT2D eigenvalue weighted by Gasteiger charge is 2.11. The summed E-state index contributed by atoms with van der Waals surface area (Å²) in [6.45, 7) is 1.63. The molecule has 0 saturated heterocycles. The van der Waals surface area contributed by atoms with Crippen LogP contribution >= 0.6 is 11.8 Å². The lowest BCUT2D eigenvalue weighted by molar-refractivity contribution is 0.0660. The van der Waals surface area contributed by atoms with Crippen LogP contribution in [-0.4, -0.2) is 11.8 Å². The summed E-state index contributed by atoms with van der Waals surface area (Å²) in [6.07, 6.45) is 1.21. The smallest absolute Gasteiger partial charge is 0.342 e. The maximum absolute atomic E-state index is 12.5. The van der Waals surface area contributed by atoms with Gasteiger partial charge in [-0.2, -0.15) is 0 Å². The fraction of sp³-hybridized carbons (Fsp3) is 0.0435. The van der Waals surface area contributed by atoms with E-state index in [0.29, 0.717) is 16.7 Å². The molecule has 27 heavy (non-hydrogen) atoms. The second-order valence-corrected chi connectivity index (χ2v) is 6.99. The van der Waals surface area contributed by atoms with Crippen LogP contribution in [0.3, 0.4) is 0 Å². The monoisotopic (exact) mass is 374 g/mol. The maximum Gasteiger partial charge on any atom is 0.342 e. The summed E-state index contributed by atoms with van der Waals surface area (Å²) in [6, 6.07) is 26.1. The van der Waals surface area contributed by atoms with Gasteiger partial charge in [-0.25, -0.2) is 4.79 Å². The van der Waals surface area contributed by atoms with Gasteiger partial charge >= 0.3 is 5.97 Å². The van der Waals surface area contributed by atoms with Gasteiger partial charge in [0.1, 0.15) is 6.26 Å². The van der Waals surface area contributed by atoms with Gasteiger partial charge in [0.15, 0.2) is 5.78 Å². The molecule has 4 heteroatoms. The van der Waals surface area contributed by atoms with Crippen LogP contribution in [-0.2, 0) is 4.74 Å². The Morgan fingerprint density at radius 2 is 1.30 bits per heavy atom. The molecule has 0 unspecified atom stereocenters. The predicted molar refractivity (Wildman–Crippen MR) is 107 cm³/mol. The zero-order chi connectivity index (χ0) is 19.1. The molecule has 0 aliphatic carbocycles. The van der Waals surface area contributed by atoms with Gasteiger partial charge in [-0.1, -0.05) is 48.2 Å². The number of ketones is 1. The molecule has 0 N–H and O–H groups in total. The standard InChI is InChI=1S/C23H18O3S/c1-17(16-26-23(25)19-8-4-2-5-9-19)22(24)18-12-14-21(15-13-18)27-20-10-6-3-7-11-20/h2-16H,1H3/b17-16+. The highest BCUT2D eigenvalue weighted by Crippen LogP contribution is 2.27. The molecule has 3 rings (SSSR count). The van der Waals surface area contributed by atoms with Gasteiger partial charge in [0.05, 0.1) is 5.56 Å². The molecule has 0 spiro atoms. The van der Waals surface area contributed by atoms with E-state index in [1.54, 1.807) is 55.1 Å². The van der Waals surface area contributed by atoms with Crippen molar-refractivity contribution in [3.8, 4) is 0 Å². The lowest BCUT2D eigenvalue weighted by Gasteiger charge is -2.05. The minimum absolute atomic E-state index is 0.174. The van der Waals surface area contributed by atoms with Gasteiger partial charge in [0.2, 0.25) is 0 Å². The molecule has 0 atom stereocenters. The van der Waals surface area contributed by atoms with Crippen molar-refractivity contribution in [2.45, 2.75) is 16.7 Å². The van der Waals surface area contributed by atoms with Crippen molar-refractivity contribution in [1.82, 2.24) is 0 Å². The fourth-order valence-corrected chi connectivity index (χ4v) is 3.20. The minimum Gasteiger partial charge on any atom is -0.430 e. The molecule has 0 bridgehead atoms. The van der Waals surface area contributed by atoms with Crippen LogP contribution in [0.2, 0.25) is 0 Å². The van der Waals surface area contributed by atoms with E-state index in [9.17, 15) is 9.59 Å². The predicted octanol–water partition coefficient (Wildman–Crippen LogP) is 5.78. The summed E-state index contributed by atoms with van der Waals surface area (Å²) in [7, 11) is 0. The van der Waals surface area contributed by atoms with Crippen molar-refractivity contribution in [2.75, 3.05) is 0 Å². The van der Waals surface area contributed by atoms with Crippen molar-refractivity contribution in [1.29, 1.82) is 0 Å². The van der Waals surface area contributed by atoms with Crippen LogP contribution in [0.5, 0.6) is 0 Å². The third-order valence-corrected chi connectivity index (χ3v) is 4.82. The number of ether oxygens (including phenoxy) is 1. The van der Waals surface area contributed by atoms with Gasteiger partial charge in [-0.15, -0.1) is 0 Å². The average molecular weight is 374 g/mol. The van der Waals surface area contributed by atoms with E-state index in [1.807, 2.05) is 48.5 Å². The van der Waals surface area contributed by atoms with Crippen molar-refractivity contribution in [2.24, 2.45) is 0 Å². The van der Waals surface area contributed by atoms with E-state index in [-0.39, 0.29) is 5.78 Å². The fourth-order valence-electron chi connectivity index (χ4n) is 2.36. The Morgan fingerprint density at radius 3 is 1.93 bits per heavy atom. The molecule has 0 aromatic heterocycles. The van der Waals surface area contributed by atoms with Gasteiger partial charge in [-0.05, 0) is 55.5 Å². The summed E-state index contributed by atoms with van der Waals surface area (Å²) in [5.41, 5.74) is 1.36. The molecule has 0 heterocycles. The van der Waals surface area contributed by atoms with Crippen molar-refractivity contribution >= 4 is 23.5 Å². The largest absolute Gasteiger partial charge is 0.430 e. The normalized spacial score (nSPS) is 11.1. The van der Waals surface area contributed by atoms with Crippen LogP contribution in [0.25, 0.3) is 0 Å². The number of esters is 1. The summed E-state index contributed by atoms with van der Waals surface area (Å²) in [5.74, 6) is -0.663. The minimum atomic E-state index is -0.489. The van der Waals surface area contributed by atoms with Crippen LogP contribution in [0.4, 0.5) is 0 Å². The first-order chi connectivity index (χ1) is 13.1. The average Bonchev–Trinajstić information content (AvgIpc) is 2.73. The molecule has 3 aromatic carbocycles. The molecule has 0 amide bonds. The number of hydrogen-bond acceptors (Lipinski definition) is 4. The molecular weight excluding hydrogens is 356 g/mol. The first-order valence-corrected chi connectivity index (χ1v) is 9.25. The highest BCUT2D eigenvalue weighted by molar-refractivity contribution is 7.99. The zero-order valence-electron chi connectivity index (χ0n) is 14.8. The van der Waals surface area contributed by atoms with Gasteiger partial charge in [0, 0.05) is 20.9 Å². The number of hydrogen-bond donors (Lipinski definition) is 0. The second-order valence-electron chi connectivity index (χ2n) is 5.84. The number of allylic oxidation sites excluding steroid dienone is 1. The van der Waals surface area contributed by atoms with Crippen LogP contribution in [0.15, 0.2) is 107 Å². The Labute approximate surface area is 162 Å². The van der Waals surface area contributed by atoms with Crippen LogP contribution in [0.1, 0.15) is 27.6 Å². The molecular formula is C23H18O3S. The van der Waals surface area contributed by atoms with E-state index >= 15 is 0 Å². The number of carbonyl (C=O) groups is 2. The Balaban J connectivity index is 1.63. The molecule has 0 aliphatic heterocycles. The van der Waals surface area contributed by atoms with E-state index in [4.69, 9.17) is 4.74 Å². The third-order valence-electron chi connectivity index (χ3n) is 3.81. The van der Waals surface area contributed by atoms with E-state index in [0.717, 1.165) is 9.79 Å². The number of benzene rings is 3. The lowest BCUT2D eigenvalue weighted by atomic mass is 10.1. The lowest BCUT2D eigenvalue weighted by Crippen LogP contribution is -2.04. The van der Waals surface area contributed by atoms with Crippen molar-refractivity contribution in [3.63, 3.8) is 0 Å². The molecule has 0 saturated carbocycles. The summed E-state index contributed by atoms with van der Waals surface area (Å²) < 4.78 is 5.11. The van der Waals surface area contributed by atoms with Gasteiger partial charge in [0.25, 0.3) is 0 Å². The summed E-state index contributed by atoms with van der Waals surface area (Å²) >= 11 is 1.63. The summed E-state index contributed by atoms with van der Waals surface area (Å²) in [4.78, 5) is 26.6. The molecule has 0 fully saturated rings. The Hall–Kier alpha value is -3.11. The molecule has 3 aromatic rings. The molecule has 0 aliphatic rings. The molecule has 0 radical (unpaired) electrons. The van der Waals surface area contributed by atoms with Crippen molar-refractivity contribution < 1.29 is 14.3 Å². The number of Topliss-reactive ketones (excluding diaryl/α,β-unsaturated/α-hetero) is 1. The van der Waals surface area contributed by atoms with Crippen LogP contribution < -0.4 is 0 Å². The second kappa shape index (κ2) is 9.01. The number of carbonyl (C=O) groups excluding carboxylic acids is 2. The Kier molecular flexibility index (Phi) is 6.23.